The first kappa shape index (κ1) is 12.6. The van der Waals surface area contributed by atoms with Crippen molar-refractivity contribution in [1.82, 2.24) is 3.97 Å². The van der Waals surface area contributed by atoms with Crippen LogP contribution in [0.5, 0.6) is 0 Å². The van der Waals surface area contributed by atoms with Gasteiger partial charge in [-0.2, -0.15) is 0 Å². The van der Waals surface area contributed by atoms with Crippen LogP contribution in [0.3, 0.4) is 0 Å². The summed E-state index contributed by atoms with van der Waals surface area (Å²) in [7, 11) is -3.48. The summed E-state index contributed by atoms with van der Waals surface area (Å²) in [6, 6.07) is 10.8. The van der Waals surface area contributed by atoms with Gasteiger partial charge >= 0.3 is 0 Å². The van der Waals surface area contributed by atoms with Gasteiger partial charge in [0.15, 0.2) is 0 Å². The molecule has 18 heavy (non-hydrogen) atoms. The van der Waals surface area contributed by atoms with Gasteiger partial charge in [0.05, 0.1) is 0 Å². The van der Waals surface area contributed by atoms with Crippen LogP contribution in [0.2, 0.25) is 0 Å². The van der Waals surface area contributed by atoms with Gasteiger partial charge in [-0.25, -0.2) is 8.42 Å². The molecule has 1 heterocycles. The molecule has 0 saturated carbocycles. The third-order valence-electron chi connectivity index (χ3n) is 2.81. The van der Waals surface area contributed by atoms with Gasteiger partial charge in [-0.05, 0) is 24.6 Å². The standard InChI is InChI=1S/C14H15NO2S/c1-3-14(13-8-6-12(2)7-9-13)18(16,17)15-10-4-5-11-15/h3-11,14H,1H2,2H3. The lowest BCUT2D eigenvalue weighted by Gasteiger charge is -2.15. The summed E-state index contributed by atoms with van der Waals surface area (Å²) in [4.78, 5) is 0. The predicted molar refractivity (Wildman–Crippen MR) is 72.9 cm³/mol. The fourth-order valence-electron chi connectivity index (χ4n) is 1.81. The molecule has 2 rings (SSSR count). The van der Waals surface area contributed by atoms with Gasteiger partial charge in [0.1, 0.15) is 5.25 Å². The normalized spacial score (nSPS) is 13.2. The van der Waals surface area contributed by atoms with Gasteiger partial charge in [0.2, 0.25) is 10.0 Å². The van der Waals surface area contributed by atoms with Gasteiger partial charge in [-0.15, -0.1) is 6.58 Å². The second-order valence-corrected chi connectivity index (χ2v) is 6.08. The van der Waals surface area contributed by atoms with E-state index in [1.165, 1.54) is 22.4 Å². The largest absolute Gasteiger partial charge is 0.252 e. The number of aromatic nitrogens is 1. The average Bonchev–Trinajstić information content (AvgIpc) is 2.86. The fraction of sp³-hybridized carbons (Fsp3) is 0.143. The highest BCUT2D eigenvalue weighted by atomic mass is 32.2. The van der Waals surface area contributed by atoms with Crippen LogP contribution < -0.4 is 0 Å². The molecule has 1 aromatic carbocycles. The maximum atomic E-state index is 12.4. The molecule has 0 aliphatic carbocycles. The van der Waals surface area contributed by atoms with Crippen LogP contribution in [0, 0.1) is 6.92 Å². The molecule has 0 spiro atoms. The molecule has 0 radical (unpaired) electrons. The van der Waals surface area contributed by atoms with E-state index in [0.29, 0.717) is 0 Å². The van der Waals surface area contributed by atoms with E-state index >= 15 is 0 Å². The summed E-state index contributed by atoms with van der Waals surface area (Å²) in [5.41, 5.74) is 1.82. The summed E-state index contributed by atoms with van der Waals surface area (Å²) in [5.74, 6) is 0. The Bertz CT molecular complexity index is 625. The molecule has 0 saturated heterocycles. The van der Waals surface area contributed by atoms with E-state index in [2.05, 4.69) is 6.58 Å². The molecule has 0 aliphatic heterocycles. The van der Waals surface area contributed by atoms with Gasteiger partial charge in [0.25, 0.3) is 0 Å². The predicted octanol–water partition coefficient (Wildman–Crippen LogP) is 2.90. The average molecular weight is 261 g/mol. The Labute approximate surface area is 107 Å². The summed E-state index contributed by atoms with van der Waals surface area (Å²) < 4.78 is 26.0. The van der Waals surface area contributed by atoms with Crippen molar-refractivity contribution in [1.29, 1.82) is 0 Å². The molecule has 0 bridgehead atoms. The Hall–Kier alpha value is -1.81. The highest BCUT2D eigenvalue weighted by Gasteiger charge is 2.25. The van der Waals surface area contributed by atoms with Crippen molar-refractivity contribution in [3.05, 3.63) is 72.6 Å². The topological polar surface area (TPSA) is 39.1 Å². The molecule has 1 aromatic heterocycles. The lowest BCUT2D eigenvalue weighted by atomic mass is 10.1. The SMILES string of the molecule is C=CC(c1ccc(C)cc1)S(=O)(=O)n1cccc1. The lowest BCUT2D eigenvalue weighted by Crippen LogP contribution is -2.18. The number of aryl methyl sites for hydroxylation is 1. The van der Waals surface area contributed by atoms with E-state index in [0.717, 1.165) is 11.1 Å². The van der Waals surface area contributed by atoms with Crippen LogP contribution in [0.1, 0.15) is 16.4 Å². The Morgan fingerprint density at radius 3 is 2.22 bits per heavy atom. The highest BCUT2D eigenvalue weighted by Crippen LogP contribution is 2.25. The lowest BCUT2D eigenvalue weighted by molar-refractivity contribution is 0.581. The minimum absolute atomic E-state index is 0.726. The Morgan fingerprint density at radius 2 is 1.72 bits per heavy atom. The van der Waals surface area contributed by atoms with Crippen LogP contribution in [0.4, 0.5) is 0 Å². The Balaban J connectivity index is 2.47. The van der Waals surface area contributed by atoms with Crippen LogP contribution in [-0.2, 0) is 10.0 Å². The van der Waals surface area contributed by atoms with Crippen molar-refractivity contribution in [2.24, 2.45) is 0 Å². The monoisotopic (exact) mass is 261 g/mol. The van der Waals surface area contributed by atoms with E-state index in [-0.39, 0.29) is 0 Å². The Morgan fingerprint density at radius 1 is 1.17 bits per heavy atom. The highest BCUT2D eigenvalue weighted by molar-refractivity contribution is 7.90. The molecule has 2 aromatic rings. The van der Waals surface area contributed by atoms with Crippen molar-refractivity contribution in [2.45, 2.75) is 12.2 Å². The minimum atomic E-state index is -3.48. The van der Waals surface area contributed by atoms with Crippen LogP contribution in [-0.4, -0.2) is 12.4 Å². The van der Waals surface area contributed by atoms with Gasteiger partial charge < -0.3 is 0 Å². The maximum absolute atomic E-state index is 12.4. The summed E-state index contributed by atoms with van der Waals surface area (Å²) in [6.07, 6.45) is 4.51. The van der Waals surface area contributed by atoms with Crippen LogP contribution in [0.15, 0.2) is 61.4 Å². The zero-order valence-electron chi connectivity index (χ0n) is 10.2. The maximum Gasteiger partial charge on any atom is 0.249 e. The first-order valence-corrected chi connectivity index (χ1v) is 7.12. The first-order valence-electron chi connectivity index (χ1n) is 5.62. The summed E-state index contributed by atoms with van der Waals surface area (Å²) in [6.45, 7) is 5.61. The second kappa shape index (κ2) is 4.82. The third-order valence-corrected chi connectivity index (χ3v) is 4.75. The number of nitrogens with zero attached hydrogens (tertiary/aromatic N) is 1. The molecule has 4 heteroatoms. The number of hydrogen-bond acceptors (Lipinski definition) is 2. The zero-order valence-corrected chi connectivity index (χ0v) is 11.0. The number of hydrogen-bond donors (Lipinski definition) is 0. The van der Waals surface area contributed by atoms with Crippen LogP contribution >= 0.6 is 0 Å². The van der Waals surface area contributed by atoms with Crippen molar-refractivity contribution < 1.29 is 8.42 Å². The molecule has 94 valence electrons. The minimum Gasteiger partial charge on any atom is -0.252 e. The molecule has 0 N–H and O–H groups in total. The molecular formula is C14H15NO2S. The van der Waals surface area contributed by atoms with Gasteiger partial charge in [0, 0.05) is 12.4 Å². The molecule has 3 nitrogen and oxygen atoms in total. The van der Waals surface area contributed by atoms with E-state index in [4.69, 9.17) is 0 Å². The van der Waals surface area contributed by atoms with Gasteiger partial charge in [-0.3, -0.25) is 3.97 Å². The number of benzene rings is 1. The Kier molecular flexibility index (Phi) is 3.39. The van der Waals surface area contributed by atoms with Crippen molar-refractivity contribution >= 4 is 10.0 Å². The molecular weight excluding hydrogens is 246 g/mol. The first-order chi connectivity index (χ1) is 8.55. The van der Waals surface area contributed by atoms with E-state index in [1.54, 1.807) is 12.1 Å². The van der Waals surface area contributed by atoms with Crippen molar-refractivity contribution in [3.8, 4) is 0 Å². The van der Waals surface area contributed by atoms with E-state index in [1.807, 2.05) is 31.2 Å². The number of rotatable bonds is 4. The van der Waals surface area contributed by atoms with Gasteiger partial charge in [-0.1, -0.05) is 35.9 Å². The van der Waals surface area contributed by atoms with Crippen LogP contribution in [0.25, 0.3) is 0 Å². The van der Waals surface area contributed by atoms with Crippen molar-refractivity contribution in [2.75, 3.05) is 0 Å². The molecule has 0 fully saturated rings. The second-order valence-electron chi connectivity index (χ2n) is 4.12. The molecule has 0 aliphatic rings. The molecule has 0 amide bonds. The summed E-state index contributed by atoms with van der Waals surface area (Å²) in [5, 5.41) is -0.731. The quantitative estimate of drug-likeness (QED) is 0.794. The van der Waals surface area contributed by atoms with Crippen molar-refractivity contribution in [3.63, 3.8) is 0 Å². The zero-order chi connectivity index (χ0) is 13.2. The van der Waals surface area contributed by atoms with E-state index in [9.17, 15) is 8.42 Å². The molecule has 1 atom stereocenters. The summed E-state index contributed by atoms with van der Waals surface area (Å²) >= 11 is 0. The van der Waals surface area contributed by atoms with E-state index < -0.39 is 15.3 Å². The smallest absolute Gasteiger partial charge is 0.249 e. The third kappa shape index (κ3) is 2.24. The fourth-order valence-corrected chi connectivity index (χ4v) is 3.29. The molecule has 1 unspecified atom stereocenters.